The van der Waals surface area contributed by atoms with Gasteiger partial charge in [0.1, 0.15) is 0 Å². The largest absolute Gasteiger partial charge is 0.322 e. The van der Waals surface area contributed by atoms with Crippen LogP contribution in [0.5, 0.6) is 0 Å². The molecule has 0 radical (unpaired) electrons. The Morgan fingerprint density at radius 3 is 2.63 bits per heavy atom. The summed E-state index contributed by atoms with van der Waals surface area (Å²) in [6, 6.07) is 10.9. The zero-order valence-electron chi connectivity index (χ0n) is 10.0. The van der Waals surface area contributed by atoms with Crippen molar-refractivity contribution in [1.29, 1.82) is 0 Å². The standard InChI is InChI=1S/C14H10Br2ClNO/c1-8-2-4-10(17)7-13(8)18-14(19)11-6-9(15)3-5-12(11)16/h2-7H,1H3,(H,18,19). The van der Waals surface area contributed by atoms with E-state index in [2.05, 4.69) is 37.2 Å². The lowest BCUT2D eigenvalue weighted by atomic mass is 10.1. The van der Waals surface area contributed by atoms with Crippen molar-refractivity contribution < 1.29 is 4.79 Å². The molecule has 0 aliphatic carbocycles. The topological polar surface area (TPSA) is 29.1 Å². The van der Waals surface area contributed by atoms with Gasteiger partial charge in [0.25, 0.3) is 5.91 Å². The van der Waals surface area contributed by atoms with Crippen molar-refractivity contribution in [2.75, 3.05) is 5.32 Å². The number of anilines is 1. The Kier molecular flexibility index (Phi) is 4.66. The highest BCUT2D eigenvalue weighted by Gasteiger charge is 2.12. The Balaban J connectivity index is 2.30. The molecular weight excluding hydrogens is 393 g/mol. The van der Waals surface area contributed by atoms with E-state index in [0.717, 1.165) is 14.5 Å². The second kappa shape index (κ2) is 6.07. The quantitative estimate of drug-likeness (QED) is 0.712. The van der Waals surface area contributed by atoms with Crippen molar-refractivity contribution in [1.82, 2.24) is 0 Å². The lowest BCUT2D eigenvalue weighted by Crippen LogP contribution is -2.13. The summed E-state index contributed by atoms with van der Waals surface area (Å²) >= 11 is 12.7. The number of benzene rings is 2. The summed E-state index contributed by atoms with van der Waals surface area (Å²) < 4.78 is 1.59. The molecule has 2 aromatic carbocycles. The van der Waals surface area contributed by atoms with Crippen LogP contribution in [0.25, 0.3) is 0 Å². The van der Waals surface area contributed by atoms with E-state index < -0.39 is 0 Å². The van der Waals surface area contributed by atoms with E-state index in [4.69, 9.17) is 11.6 Å². The fraction of sp³-hybridized carbons (Fsp3) is 0.0714. The molecule has 2 rings (SSSR count). The maximum Gasteiger partial charge on any atom is 0.256 e. The van der Waals surface area contributed by atoms with Gasteiger partial charge in [-0.25, -0.2) is 0 Å². The predicted molar refractivity (Wildman–Crippen MR) is 86.0 cm³/mol. The molecule has 0 heterocycles. The van der Waals surface area contributed by atoms with Crippen molar-refractivity contribution in [3.05, 3.63) is 61.5 Å². The average Bonchev–Trinajstić information content (AvgIpc) is 2.36. The van der Waals surface area contributed by atoms with Crippen molar-refractivity contribution >= 4 is 55.1 Å². The van der Waals surface area contributed by atoms with Gasteiger partial charge in [-0.1, -0.05) is 33.6 Å². The van der Waals surface area contributed by atoms with E-state index in [9.17, 15) is 4.79 Å². The highest BCUT2D eigenvalue weighted by molar-refractivity contribution is 9.11. The maximum atomic E-state index is 12.2. The first-order chi connectivity index (χ1) is 8.97. The van der Waals surface area contributed by atoms with Gasteiger partial charge in [-0.05, 0) is 58.7 Å². The van der Waals surface area contributed by atoms with E-state index >= 15 is 0 Å². The van der Waals surface area contributed by atoms with Gasteiger partial charge < -0.3 is 5.32 Å². The van der Waals surface area contributed by atoms with Crippen molar-refractivity contribution in [3.8, 4) is 0 Å². The van der Waals surface area contributed by atoms with Gasteiger partial charge in [0.15, 0.2) is 0 Å². The molecule has 0 fully saturated rings. The summed E-state index contributed by atoms with van der Waals surface area (Å²) in [6.07, 6.45) is 0. The molecule has 0 atom stereocenters. The molecule has 0 aliphatic heterocycles. The number of carbonyl (C=O) groups is 1. The van der Waals surface area contributed by atoms with Crippen LogP contribution >= 0.6 is 43.5 Å². The highest BCUT2D eigenvalue weighted by Crippen LogP contribution is 2.25. The van der Waals surface area contributed by atoms with Crippen LogP contribution in [0.3, 0.4) is 0 Å². The third kappa shape index (κ3) is 3.59. The molecular formula is C14H10Br2ClNO. The van der Waals surface area contributed by atoms with Gasteiger partial charge in [-0.15, -0.1) is 0 Å². The van der Waals surface area contributed by atoms with E-state index in [1.807, 2.05) is 25.1 Å². The molecule has 1 N–H and O–H groups in total. The van der Waals surface area contributed by atoms with E-state index in [1.54, 1.807) is 18.2 Å². The molecule has 0 spiro atoms. The third-order valence-corrected chi connectivity index (χ3v) is 4.04. The lowest BCUT2D eigenvalue weighted by molar-refractivity contribution is 0.102. The summed E-state index contributed by atoms with van der Waals surface area (Å²) in [5, 5.41) is 3.45. The first-order valence-electron chi connectivity index (χ1n) is 5.50. The maximum absolute atomic E-state index is 12.2. The van der Waals surface area contributed by atoms with Gasteiger partial charge in [-0.3, -0.25) is 4.79 Å². The number of hydrogen-bond acceptors (Lipinski definition) is 1. The van der Waals surface area contributed by atoms with E-state index in [-0.39, 0.29) is 5.91 Å². The van der Waals surface area contributed by atoms with Gasteiger partial charge >= 0.3 is 0 Å². The number of carbonyl (C=O) groups excluding carboxylic acids is 1. The Labute approximate surface area is 133 Å². The second-order valence-electron chi connectivity index (χ2n) is 4.04. The molecule has 5 heteroatoms. The van der Waals surface area contributed by atoms with Crippen LogP contribution in [0, 0.1) is 6.92 Å². The van der Waals surface area contributed by atoms with Crippen LogP contribution in [0.4, 0.5) is 5.69 Å². The van der Waals surface area contributed by atoms with Crippen molar-refractivity contribution in [2.24, 2.45) is 0 Å². The number of nitrogens with one attached hydrogen (secondary N) is 1. The fourth-order valence-corrected chi connectivity index (χ4v) is 2.55. The van der Waals surface area contributed by atoms with Crippen molar-refractivity contribution in [2.45, 2.75) is 6.92 Å². The number of amides is 1. The van der Waals surface area contributed by atoms with E-state index in [1.165, 1.54) is 0 Å². The number of hydrogen-bond donors (Lipinski definition) is 1. The van der Waals surface area contributed by atoms with Gasteiger partial charge in [0.2, 0.25) is 0 Å². The molecule has 0 bridgehead atoms. The van der Waals surface area contributed by atoms with E-state index in [0.29, 0.717) is 16.3 Å². The molecule has 0 saturated heterocycles. The van der Waals surface area contributed by atoms with Crippen LogP contribution in [0.1, 0.15) is 15.9 Å². The molecule has 1 amide bonds. The normalized spacial score (nSPS) is 10.3. The molecule has 0 aliphatic rings. The zero-order chi connectivity index (χ0) is 14.0. The molecule has 0 unspecified atom stereocenters. The number of aryl methyl sites for hydroxylation is 1. The molecule has 0 aromatic heterocycles. The summed E-state index contributed by atoms with van der Waals surface area (Å²) in [4.78, 5) is 12.2. The van der Waals surface area contributed by atoms with Crippen LogP contribution in [-0.2, 0) is 0 Å². The molecule has 2 nitrogen and oxygen atoms in total. The minimum Gasteiger partial charge on any atom is -0.322 e. The summed E-state index contributed by atoms with van der Waals surface area (Å²) in [5.41, 5.74) is 2.24. The average molecular weight is 404 g/mol. The lowest BCUT2D eigenvalue weighted by Gasteiger charge is -2.10. The molecule has 98 valence electrons. The van der Waals surface area contributed by atoms with Gasteiger partial charge in [0, 0.05) is 19.7 Å². The molecule has 19 heavy (non-hydrogen) atoms. The van der Waals surface area contributed by atoms with Crippen LogP contribution in [0.2, 0.25) is 5.02 Å². The zero-order valence-corrected chi connectivity index (χ0v) is 13.9. The fourth-order valence-electron chi connectivity index (χ4n) is 1.59. The van der Waals surface area contributed by atoms with Crippen molar-refractivity contribution in [3.63, 3.8) is 0 Å². The predicted octanol–water partition coefficient (Wildman–Crippen LogP) is 5.43. The van der Waals surface area contributed by atoms with Crippen LogP contribution in [-0.4, -0.2) is 5.91 Å². The third-order valence-electron chi connectivity index (χ3n) is 2.62. The minimum absolute atomic E-state index is 0.182. The van der Waals surface area contributed by atoms with Gasteiger partial charge in [-0.2, -0.15) is 0 Å². The Bertz CT molecular complexity index is 643. The summed E-state index contributed by atoms with van der Waals surface area (Å²) in [6.45, 7) is 1.92. The minimum atomic E-state index is -0.182. The number of halogens is 3. The first kappa shape index (κ1) is 14.6. The monoisotopic (exact) mass is 401 g/mol. The smallest absolute Gasteiger partial charge is 0.256 e. The Morgan fingerprint density at radius 2 is 1.89 bits per heavy atom. The summed E-state index contributed by atoms with van der Waals surface area (Å²) in [7, 11) is 0. The van der Waals surface area contributed by atoms with Gasteiger partial charge in [0.05, 0.1) is 5.56 Å². The molecule has 2 aromatic rings. The Hall–Kier alpha value is -0.840. The highest BCUT2D eigenvalue weighted by atomic mass is 79.9. The van der Waals surface area contributed by atoms with Crippen LogP contribution < -0.4 is 5.32 Å². The Morgan fingerprint density at radius 1 is 1.16 bits per heavy atom. The van der Waals surface area contributed by atoms with Crippen LogP contribution in [0.15, 0.2) is 45.3 Å². The SMILES string of the molecule is Cc1ccc(Cl)cc1NC(=O)c1cc(Br)ccc1Br. The second-order valence-corrected chi connectivity index (χ2v) is 6.24. The summed E-state index contributed by atoms with van der Waals surface area (Å²) in [5.74, 6) is -0.182. The molecule has 0 saturated carbocycles. The first-order valence-corrected chi connectivity index (χ1v) is 7.46. The number of rotatable bonds is 2.